The molecule has 6 aromatic rings. The van der Waals surface area contributed by atoms with Gasteiger partial charge in [-0.3, -0.25) is 0 Å². The van der Waals surface area contributed by atoms with Gasteiger partial charge >= 0.3 is 0 Å². The topological polar surface area (TPSA) is 42.4 Å². The van der Waals surface area contributed by atoms with Gasteiger partial charge in [-0.1, -0.05) is 42.5 Å². The first kappa shape index (κ1) is 19.6. The van der Waals surface area contributed by atoms with Gasteiger partial charge in [0.25, 0.3) is 0 Å². The Balaban J connectivity index is 1.54. The second kappa shape index (κ2) is 7.24. The maximum atomic E-state index is 6.34. The smallest absolute Gasteiger partial charge is 0.227 e. The second-order valence-corrected chi connectivity index (χ2v) is 9.30. The maximum absolute atomic E-state index is 6.34. The van der Waals surface area contributed by atoms with Crippen molar-refractivity contribution >= 4 is 44.4 Å². The van der Waals surface area contributed by atoms with Crippen molar-refractivity contribution < 1.29 is 8.83 Å². The molecule has 0 aliphatic carbocycles. The van der Waals surface area contributed by atoms with Gasteiger partial charge in [0.1, 0.15) is 16.7 Å². The van der Waals surface area contributed by atoms with Crippen molar-refractivity contribution in [1.29, 1.82) is 0 Å². The lowest BCUT2D eigenvalue weighted by molar-refractivity contribution is 0.554. The number of rotatable bonds is 3. The van der Waals surface area contributed by atoms with E-state index < -0.39 is 0 Å². The number of furan rings is 1. The third kappa shape index (κ3) is 3.26. The zero-order valence-corrected chi connectivity index (χ0v) is 18.9. The lowest BCUT2D eigenvalue weighted by Gasteiger charge is -2.37. The third-order valence-electron chi connectivity index (χ3n) is 5.95. The van der Waals surface area contributed by atoms with E-state index in [2.05, 4.69) is 56.0 Å². The Kier molecular flexibility index (Phi) is 4.31. The van der Waals surface area contributed by atoms with E-state index in [1.807, 2.05) is 60.7 Å². The molecule has 6 rings (SSSR count). The molecule has 33 heavy (non-hydrogen) atoms. The molecule has 2 heterocycles. The molecule has 4 aromatic carbocycles. The number of para-hydroxylation sites is 2. The summed E-state index contributed by atoms with van der Waals surface area (Å²) in [5.74, 6) is 0.625. The van der Waals surface area contributed by atoms with Crippen molar-refractivity contribution in [3.8, 4) is 11.5 Å². The van der Waals surface area contributed by atoms with E-state index in [9.17, 15) is 0 Å². The molecule has 0 atom stereocenters. The Morgan fingerprint density at radius 1 is 0.697 bits per heavy atom. The Morgan fingerprint density at radius 3 is 2.27 bits per heavy atom. The molecular formula is C29H24N2O2. The van der Waals surface area contributed by atoms with Crippen LogP contribution in [-0.2, 0) is 0 Å². The molecule has 162 valence electrons. The minimum absolute atomic E-state index is 0.215. The fraction of sp³-hybridized carbons (Fsp3) is 0.138. The molecule has 0 fully saturated rings. The zero-order valence-electron chi connectivity index (χ0n) is 18.9. The van der Waals surface area contributed by atoms with E-state index in [4.69, 9.17) is 13.8 Å². The average molecular weight is 433 g/mol. The number of hydrogen-bond donors (Lipinski definition) is 0. The first-order valence-corrected chi connectivity index (χ1v) is 11.2. The van der Waals surface area contributed by atoms with Crippen molar-refractivity contribution in [1.82, 2.24) is 4.98 Å². The number of anilines is 2. The minimum atomic E-state index is -0.215. The van der Waals surface area contributed by atoms with Crippen LogP contribution in [0.2, 0.25) is 0 Å². The van der Waals surface area contributed by atoms with Crippen molar-refractivity contribution in [2.24, 2.45) is 0 Å². The molecule has 0 radical (unpaired) electrons. The Labute approximate surface area is 192 Å². The molecule has 4 nitrogen and oxygen atoms in total. The van der Waals surface area contributed by atoms with Crippen LogP contribution >= 0.6 is 0 Å². The summed E-state index contributed by atoms with van der Waals surface area (Å²) < 4.78 is 12.5. The van der Waals surface area contributed by atoms with Gasteiger partial charge in [0, 0.05) is 33.6 Å². The SMILES string of the molecule is CC(C)(C)N(c1ccc2c(c1)oc1ccccc12)c1cccc2nc(-c3ccccc3)oc12. The fourth-order valence-electron chi connectivity index (χ4n) is 4.56. The lowest BCUT2D eigenvalue weighted by Crippen LogP contribution is -2.37. The first-order chi connectivity index (χ1) is 16.0. The monoisotopic (exact) mass is 432 g/mol. The fourth-order valence-corrected chi connectivity index (χ4v) is 4.56. The Bertz CT molecular complexity index is 1600. The molecule has 4 heteroatoms. The summed E-state index contributed by atoms with van der Waals surface area (Å²) in [5.41, 5.74) is 6.15. The largest absolute Gasteiger partial charge is 0.456 e. The summed E-state index contributed by atoms with van der Waals surface area (Å²) in [7, 11) is 0. The van der Waals surface area contributed by atoms with Crippen molar-refractivity contribution in [3.05, 3.63) is 91.0 Å². The van der Waals surface area contributed by atoms with Gasteiger partial charge in [-0.2, -0.15) is 0 Å². The van der Waals surface area contributed by atoms with Gasteiger partial charge in [0.05, 0.1) is 5.69 Å². The van der Waals surface area contributed by atoms with Crippen LogP contribution in [0.3, 0.4) is 0 Å². The molecule has 0 saturated carbocycles. The molecule has 0 amide bonds. The van der Waals surface area contributed by atoms with Crippen LogP contribution in [0.1, 0.15) is 20.8 Å². The van der Waals surface area contributed by atoms with Gasteiger partial charge in [-0.15, -0.1) is 0 Å². The van der Waals surface area contributed by atoms with Crippen LogP contribution in [0.15, 0.2) is 99.8 Å². The summed E-state index contributed by atoms with van der Waals surface area (Å²) in [6.45, 7) is 6.59. The van der Waals surface area contributed by atoms with Gasteiger partial charge < -0.3 is 13.7 Å². The van der Waals surface area contributed by atoms with Crippen molar-refractivity contribution in [3.63, 3.8) is 0 Å². The van der Waals surface area contributed by atoms with Crippen LogP contribution in [0.25, 0.3) is 44.5 Å². The number of benzene rings is 4. The highest BCUT2D eigenvalue weighted by Crippen LogP contribution is 2.41. The zero-order chi connectivity index (χ0) is 22.6. The van der Waals surface area contributed by atoms with Crippen LogP contribution in [0.4, 0.5) is 11.4 Å². The highest BCUT2D eigenvalue weighted by Gasteiger charge is 2.27. The summed E-state index contributed by atoms with van der Waals surface area (Å²) in [5, 5.41) is 2.25. The van der Waals surface area contributed by atoms with Crippen LogP contribution < -0.4 is 4.90 Å². The van der Waals surface area contributed by atoms with Gasteiger partial charge in [-0.05, 0) is 63.2 Å². The van der Waals surface area contributed by atoms with E-state index in [0.717, 1.165) is 50.0 Å². The van der Waals surface area contributed by atoms with E-state index in [-0.39, 0.29) is 5.54 Å². The summed E-state index contributed by atoms with van der Waals surface area (Å²) >= 11 is 0. The van der Waals surface area contributed by atoms with Crippen LogP contribution in [-0.4, -0.2) is 10.5 Å². The van der Waals surface area contributed by atoms with Gasteiger partial charge in [-0.25, -0.2) is 4.98 Å². The number of fused-ring (bicyclic) bond motifs is 4. The third-order valence-corrected chi connectivity index (χ3v) is 5.95. The molecular weight excluding hydrogens is 408 g/mol. The molecule has 2 aromatic heterocycles. The minimum Gasteiger partial charge on any atom is -0.456 e. The molecule has 0 unspecified atom stereocenters. The highest BCUT2D eigenvalue weighted by atomic mass is 16.3. The van der Waals surface area contributed by atoms with Crippen LogP contribution in [0.5, 0.6) is 0 Å². The highest BCUT2D eigenvalue weighted by molar-refractivity contribution is 6.06. The maximum Gasteiger partial charge on any atom is 0.227 e. The molecule has 0 bridgehead atoms. The predicted molar refractivity (Wildman–Crippen MR) is 135 cm³/mol. The Morgan fingerprint density at radius 2 is 1.45 bits per heavy atom. The van der Waals surface area contributed by atoms with Gasteiger partial charge in [0.2, 0.25) is 5.89 Å². The standard InChI is InChI=1S/C29H24N2O2/c1-29(2,3)31(20-16-17-22-21-12-7-8-15-25(21)32-26(22)18-20)24-14-9-13-23-27(24)33-28(30-23)19-10-5-4-6-11-19/h4-18H,1-3H3. The summed E-state index contributed by atoms with van der Waals surface area (Å²) in [4.78, 5) is 7.06. The second-order valence-electron chi connectivity index (χ2n) is 9.30. The van der Waals surface area contributed by atoms with Gasteiger partial charge in [0.15, 0.2) is 5.58 Å². The molecule has 0 saturated heterocycles. The Hall–Kier alpha value is -4.05. The van der Waals surface area contributed by atoms with Crippen molar-refractivity contribution in [2.45, 2.75) is 26.3 Å². The van der Waals surface area contributed by atoms with Crippen LogP contribution in [0, 0.1) is 0 Å². The normalized spacial score (nSPS) is 12.1. The molecule has 0 aliphatic rings. The van der Waals surface area contributed by atoms with E-state index >= 15 is 0 Å². The number of hydrogen-bond acceptors (Lipinski definition) is 4. The number of oxazole rings is 1. The van der Waals surface area contributed by atoms with Crippen molar-refractivity contribution in [2.75, 3.05) is 4.90 Å². The number of nitrogens with zero attached hydrogens (tertiary/aromatic N) is 2. The average Bonchev–Trinajstić information content (AvgIpc) is 3.41. The lowest BCUT2D eigenvalue weighted by atomic mass is 10.0. The molecule has 0 N–H and O–H groups in total. The quantitative estimate of drug-likeness (QED) is 0.282. The van der Waals surface area contributed by atoms with E-state index in [1.54, 1.807) is 0 Å². The predicted octanol–water partition coefficient (Wildman–Crippen LogP) is 8.33. The summed E-state index contributed by atoms with van der Waals surface area (Å²) in [6, 6.07) is 30.7. The van der Waals surface area contributed by atoms with E-state index in [0.29, 0.717) is 5.89 Å². The summed E-state index contributed by atoms with van der Waals surface area (Å²) in [6.07, 6.45) is 0. The van der Waals surface area contributed by atoms with E-state index in [1.165, 1.54) is 0 Å². The molecule has 0 spiro atoms. The first-order valence-electron chi connectivity index (χ1n) is 11.2. The number of aromatic nitrogens is 1. The molecule has 0 aliphatic heterocycles.